The van der Waals surface area contributed by atoms with E-state index in [1.807, 2.05) is 25.1 Å². The first kappa shape index (κ1) is 20.3. The number of rotatable bonds is 4. The summed E-state index contributed by atoms with van der Waals surface area (Å²) in [5.74, 6) is 0.776. The molecule has 3 rings (SSSR count). The van der Waals surface area contributed by atoms with Crippen LogP contribution in [0.25, 0.3) is 0 Å². The van der Waals surface area contributed by atoms with Crippen LogP contribution < -0.4 is 9.64 Å². The number of nitrogens with zero attached hydrogens (tertiary/aromatic N) is 3. The second kappa shape index (κ2) is 8.26. The molecule has 1 saturated heterocycles. The first-order valence-corrected chi connectivity index (χ1v) is 9.07. The van der Waals surface area contributed by atoms with Gasteiger partial charge in [0.15, 0.2) is 6.61 Å². The van der Waals surface area contributed by atoms with Gasteiger partial charge in [0.1, 0.15) is 11.6 Å². The molecular weight excluding hydrogens is 395 g/mol. The molecule has 2 heterocycles. The highest BCUT2D eigenvalue weighted by Gasteiger charge is 2.32. The normalized spacial score (nSPS) is 14.9. The summed E-state index contributed by atoms with van der Waals surface area (Å²) < 4.78 is 43.7. The number of piperazine rings is 1. The van der Waals surface area contributed by atoms with Gasteiger partial charge in [-0.1, -0.05) is 23.7 Å². The molecule has 150 valence electrons. The van der Waals surface area contributed by atoms with Crippen LogP contribution in [0, 0.1) is 6.92 Å². The van der Waals surface area contributed by atoms with Gasteiger partial charge in [0, 0.05) is 32.4 Å². The van der Waals surface area contributed by atoms with E-state index in [1.54, 1.807) is 15.9 Å². The third-order valence-electron chi connectivity index (χ3n) is 4.43. The van der Waals surface area contributed by atoms with E-state index in [1.165, 1.54) is 0 Å². The zero-order chi connectivity index (χ0) is 20.3. The maximum absolute atomic E-state index is 12.7. The molecule has 28 heavy (non-hydrogen) atoms. The fourth-order valence-electron chi connectivity index (χ4n) is 2.93. The van der Waals surface area contributed by atoms with Gasteiger partial charge in [-0.15, -0.1) is 0 Å². The number of benzene rings is 1. The monoisotopic (exact) mass is 413 g/mol. The zero-order valence-electron chi connectivity index (χ0n) is 15.2. The minimum atomic E-state index is -4.49. The highest BCUT2D eigenvalue weighted by molar-refractivity contribution is 6.33. The van der Waals surface area contributed by atoms with E-state index < -0.39 is 11.7 Å². The molecule has 1 aliphatic rings. The standard InChI is InChI=1S/C19H19ClF3N3O2/c1-13-3-2-4-15(9-13)28-12-17(27)25-5-7-26(8-6-25)18-16(20)10-14(11-24-18)19(21,22)23/h2-4,9-11H,5-8,12H2,1H3. The highest BCUT2D eigenvalue weighted by atomic mass is 35.5. The van der Waals surface area contributed by atoms with Crippen molar-refractivity contribution < 1.29 is 22.7 Å². The first-order chi connectivity index (χ1) is 13.2. The number of carbonyl (C=O) groups is 1. The van der Waals surface area contributed by atoms with E-state index in [0.717, 1.165) is 17.8 Å². The molecule has 0 N–H and O–H groups in total. The predicted molar refractivity (Wildman–Crippen MR) is 99.7 cm³/mol. The molecule has 0 spiro atoms. The number of hydrogen-bond acceptors (Lipinski definition) is 4. The average molecular weight is 414 g/mol. The van der Waals surface area contributed by atoms with E-state index >= 15 is 0 Å². The van der Waals surface area contributed by atoms with E-state index in [-0.39, 0.29) is 23.4 Å². The average Bonchev–Trinajstić information content (AvgIpc) is 2.65. The molecule has 1 aliphatic heterocycles. The third-order valence-corrected chi connectivity index (χ3v) is 4.71. The molecule has 1 fully saturated rings. The van der Waals surface area contributed by atoms with Crippen molar-refractivity contribution in [3.05, 3.63) is 52.7 Å². The Morgan fingerprint density at radius 3 is 2.54 bits per heavy atom. The molecule has 9 heteroatoms. The lowest BCUT2D eigenvalue weighted by Gasteiger charge is -2.35. The molecule has 0 saturated carbocycles. The molecule has 5 nitrogen and oxygen atoms in total. The van der Waals surface area contributed by atoms with Crippen LogP contribution in [0.3, 0.4) is 0 Å². The number of halogens is 4. The van der Waals surface area contributed by atoms with Crippen molar-refractivity contribution in [2.75, 3.05) is 37.7 Å². The van der Waals surface area contributed by atoms with Crippen molar-refractivity contribution in [1.82, 2.24) is 9.88 Å². The quantitative estimate of drug-likeness (QED) is 0.765. The summed E-state index contributed by atoms with van der Waals surface area (Å²) >= 11 is 5.99. The van der Waals surface area contributed by atoms with Gasteiger partial charge in [-0.25, -0.2) is 4.98 Å². The van der Waals surface area contributed by atoms with Crippen molar-refractivity contribution in [3.63, 3.8) is 0 Å². The van der Waals surface area contributed by atoms with E-state index in [9.17, 15) is 18.0 Å². The minimum Gasteiger partial charge on any atom is -0.484 e. The summed E-state index contributed by atoms with van der Waals surface area (Å²) in [6.45, 7) is 3.55. The van der Waals surface area contributed by atoms with Gasteiger partial charge in [0.2, 0.25) is 0 Å². The number of ether oxygens (including phenoxy) is 1. The molecular formula is C19H19ClF3N3O2. The fraction of sp³-hybridized carbons (Fsp3) is 0.368. The number of aromatic nitrogens is 1. The van der Waals surface area contributed by atoms with Crippen LogP contribution in [-0.4, -0.2) is 48.6 Å². The molecule has 0 radical (unpaired) electrons. The number of pyridine rings is 1. The Morgan fingerprint density at radius 1 is 1.21 bits per heavy atom. The molecule has 0 atom stereocenters. The highest BCUT2D eigenvalue weighted by Crippen LogP contribution is 2.33. The van der Waals surface area contributed by atoms with Gasteiger partial charge in [-0.3, -0.25) is 4.79 Å². The Balaban J connectivity index is 1.55. The van der Waals surface area contributed by atoms with Crippen molar-refractivity contribution in [2.45, 2.75) is 13.1 Å². The topological polar surface area (TPSA) is 45.7 Å². The molecule has 1 aromatic heterocycles. The fourth-order valence-corrected chi connectivity index (χ4v) is 3.21. The molecule has 2 aromatic rings. The van der Waals surface area contributed by atoms with Crippen molar-refractivity contribution in [2.24, 2.45) is 0 Å². The zero-order valence-corrected chi connectivity index (χ0v) is 15.9. The van der Waals surface area contributed by atoms with E-state index in [4.69, 9.17) is 16.3 Å². The maximum atomic E-state index is 12.7. The molecule has 0 unspecified atom stereocenters. The SMILES string of the molecule is Cc1cccc(OCC(=O)N2CCN(c3ncc(C(F)(F)F)cc3Cl)CC2)c1. The van der Waals surface area contributed by atoms with Crippen LogP contribution in [0.15, 0.2) is 36.5 Å². The van der Waals surface area contributed by atoms with Crippen LogP contribution in [-0.2, 0) is 11.0 Å². The van der Waals surface area contributed by atoms with Gasteiger partial charge in [-0.2, -0.15) is 13.2 Å². The van der Waals surface area contributed by atoms with Crippen LogP contribution in [0.2, 0.25) is 5.02 Å². The Bertz CT molecular complexity index is 853. The summed E-state index contributed by atoms with van der Waals surface area (Å²) in [5, 5.41) is -0.0580. The number of aryl methyl sites for hydroxylation is 1. The lowest BCUT2D eigenvalue weighted by molar-refractivity contribution is -0.138. The van der Waals surface area contributed by atoms with Crippen molar-refractivity contribution in [1.29, 1.82) is 0 Å². The summed E-state index contributed by atoms with van der Waals surface area (Å²) in [6.07, 6.45) is -3.72. The summed E-state index contributed by atoms with van der Waals surface area (Å²) in [4.78, 5) is 19.6. The Hall–Kier alpha value is -2.48. The van der Waals surface area contributed by atoms with Crippen LogP contribution >= 0.6 is 11.6 Å². The van der Waals surface area contributed by atoms with Gasteiger partial charge in [0.25, 0.3) is 5.91 Å². The Labute approximate surface area is 165 Å². The van der Waals surface area contributed by atoms with Crippen molar-refractivity contribution >= 4 is 23.3 Å². The van der Waals surface area contributed by atoms with Crippen LogP contribution in [0.4, 0.5) is 19.0 Å². The van der Waals surface area contributed by atoms with Crippen LogP contribution in [0.1, 0.15) is 11.1 Å². The second-order valence-corrected chi connectivity index (χ2v) is 6.91. The van der Waals surface area contributed by atoms with Gasteiger partial charge in [0.05, 0.1) is 10.6 Å². The Kier molecular flexibility index (Phi) is 5.98. The van der Waals surface area contributed by atoms with Gasteiger partial charge in [-0.05, 0) is 30.7 Å². The van der Waals surface area contributed by atoms with Crippen molar-refractivity contribution in [3.8, 4) is 5.75 Å². The van der Waals surface area contributed by atoms with Gasteiger partial charge >= 0.3 is 6.18 Å². The number of hydrogen-bond donors (Lipinski definition) is 0. The molecule has 0 aliphatic carbocycles. The smallest absolute Gasteiger partial charge is 0.417 e. The van der Waals surface area contributed by atoms with Gasteiger partial charge < -0.3 is 14.5 Å². The minimum absolute atomic E-state index is 0.0580. The number of alkyl halides is 3. The summed E-state index contributed by atoms with van der Waals surface area (Å²) in [6, 6.07) is 8.31. The molecule has 0 bridgehead atoms. The Morgan fingerprint density at radius 2 is 1.93 bits per heavy atom. The number of amides is 1. The lowest BCUT2D eigenvalue weighted by atomic mass is 10.2. The second-order valence-electron chi connectivity index (χ2n) is 6.50. The number of anilines is 1. The van der Waals surface area contributed by atoms with E-state index in [2.05, 4.69) is 4.98 Å². The predicted octanol–water partition coefficient (Wildman–Crippen LogP) is 3.79. The largest absolute Gasteiger partial charge is 0.484 e. The van der Waals surface area contributed by atoms with Crippen LogP contribution in [0.5, 0.6) is 5.75 Å². The summed E-state index contributed by atoms with van der Waals surface area (Å²) in [7, 11) is 0. The lowest BCUT2D eigenvalue weighted by Crippen LogP contribution is -2.50. The van der Waals surface area contributed by atoms with E-state index in [0.29, 0.717) is 31.9 Å². The number of carbonyl (C=O) groups excluding carboxylic acids is 1. The molecule has 1 aromatic carbocycles. The molecule has 1 amide bonds. The maximum Gasteiger partial charge on any atom is 0.417 e. The first-order valence-electron chi connectivity index (χ1n) is 8.69. The third kappa shape index (κ3) is 4.86. The summed E-state index contributed by atoms with van der Waals surface area (Å²) in [5.41, 5.74) is 0.155.